The molecule has 0 bridgehead atoms. The molecule has 0 aliphatic rings. The molecule has 3 nitrogen and oxygen atoms in total. The zero-order valence-electron chi connectivity index (χ0n) is 9.15. The summed E-state index contributed by atoms with van der Waals surface area (Å²) in [4.78, 5) is 11.3. The summed E-state index contributed by atoms with van der Waals surface area (Å²) in [6.07, 6.45) is 0.0349. The van der Waals surface area contributed by atoms with Crippen LogP contribution in [-0.4, -0.2) is 17.7 Å². The summed E-state index contributed by atoms with van der Waals surface area (Å²) in [5, 5.41) is 9.78. The van der Waals surface area contributed by atoms with Crippen LogP contribution in [0.5, 0.6) is 0 Å². The zero-order chi connectivity index (χ0) is 12.0. The monoisotopic (exact) mass is 334 g/mol. The summed E-state index contributed by atoms with van der Waals surface area (Å²) in [6.45, 7) is 2.35. The lowest BCUT2D eigenvalue weighted by atomic mass is 10.1. The smallest absolute Gasteiger partial charge is 0.308 e. The van der Waals surface area contributed by atoms with Gasteiger partial charge in [0.2, 0.25) is 0 Å². The fourth-order valence-corrected chi connectivity index (χ4v) is 1.60. The molecule has 1 atom stereocenters. The van der Waals surface area contributed by atoms with Crippen LogP contribution in [0.1, 0.15) is 31.4 Å². The van der Waals surface area contributed by atoms with Crippen molar-refractivity contribution in [2.45, 2.75) is 25.9 Å². The molecule has 1 aromatic rings. The van der Waals surface area contributed by atoms with Crippen LogP contribution >= 0.6 is 22.6 Å². The number of hydrogen-bond acceptors (Lipinski definition) is 3. The van der Waals surface area contributed by atoms with Crippen LogP contribution in [0.3, 0.4) is 0 Å². The Morgan fingerprint density at radius 1 is 1.44 bits per heavy atom. The molecule has 0 radical (unpaired) electrons. The Balaban J connectivity index is 2.48. The quantitative estimate of drug-likeness (QED) is 0.665. The maximum atomic E-state index is 11.3. The average Bonchev–Trinajstić information content (AvgIpc) is 2.27. The maximum absolute atomic E-state index is 11.3. The molecule has 0 saturated heterocycles. The Morgan fingerprint density at radius 2 is 2.06 bits per heavy atom. The minimum absolute atomic E-state index is 0.0145. The molecule has 16 heavy (non-hydrogen) atoms. The second kappa shape index (κ2) is 6.85. The Bertz CT molecular complexity index is 335. The number of esters is 1. The van der Waals surface area contributed by atoms with Gasteiger partial charge in [0.15, 0.2) is 0 Å². The van der Waals surface area contributed by atoms with E-state index >= 15 is 0 Å². The number of rotatable bonds is 5. The number of carbonyl (C=O) groups is 1. The van der Waals surface area contributed by atoms with Gasteiger partial charge in [-0.2, -0.15) is 0 Å². The maximum Gasteiger partial charge on any atom is 0.308 e. The van der Waals surface area contributed by atoms with Crippen LogP contribution < -0.4 is 0 Å². The van der Waals surface area contributed by atoms with Crippen LogP contribution in [0.15, 0.2) is 24.3 Å². The van der Waals surface area contributed by atoms with E-state index in [1.54, 1.807) is 0 Å². The summed E-state index contributed by atoms with van der Waals surface area (Å²) < 4.78 is 6.01. The Morgan fingerprint density at radius 3 is 2.62 bits per heavy atom. The van der Waals surface area contributed by atoms with Crippen molar-refractivity contribution in [1.82, 2.24) is 0 Å². The van der Waals surface area contributed by atoms with Crippen molar-refractivity contribution in [2.24, 2.45) is 0 Å². The number of hydrogen-bond donors (Lipinski definition) is 1. The van der Waals surface area contributed by atoms with E-state index in [-0.39, 0.29) is 12.4 Å². The lowest BCUT2D eigenvalue weighted by Gasteiger charge is -2.10. The highest BCUT2D eigenvalue weighted by Crippen LogP contribution is 2.18. The topological polar surface area (TPSA) is 46.5 Å². The largest absolute Gasteiger partial charge is 0.466 e. The van der Waals surface area contributed by atoms with Crippen molar-refractivity contribution in [3.05, 3.63) is 33.4 Å². The van der Waals surface area contributed by atoms with Crippen molar-refractivity contribution in [2.75, 3.05) is 6.61 Å². The Labute approximate surface area is 109 Å². The lowest BCUT2D eigenvalue weighted by Crippen LogP contribution is -2.10. The molecule has 0 amide bonds. The number of aliphatic hydroxyl groups is 1. The molecule has 4 heteroatoms. The number of aliphatic hydroxyl groups excluding tert-OH is 1. The molecular formula is C12H15IO3. The van der Waals surface area contributed by atoms with Crippen LogP contribution in [0.25, 0.3) is 0 Å². The highest BCUT2D eigenvalue weighted by Gasteiger charge is 2.13. The third-order valence-electron chi connectivity index (χ3n) is 2.08. The molecule has 0 spiro atoms. The van der Waals surface area contributed by atoms with Gasteiger partial charge in [-0.15, -0.1) is 0 Å². The van der Waals surface area contributed by atoms with Crippen LogP contribution in [0, 0.1) is 3.57 Å². The van der Waals surface area contributed by atoms with E-state index in [1.165, 1.54) is 0 Å². The molecule has 0 heterocycles. The van der Waals surface area contributed by atoms with Crippen molar-refractivity contribution in [3.63, 3.8) is 0 Å². The average molecular weight is 334 g/mol. The minimum Gasteiger partial charge on any atom is -0.466 e. The molecule has 1 rings (SSSR count). The molecule has 1 aromatic carbocycles. The predicted molar refractivity (Wildman–Crippen MR) is 70.0 cm³/mol. The molecule has 88 valence electrons. The van der Waals surface area contributed by atoms with E-state index in [4.69, 9.17) is 4.74 Å². The SMILES string of the molecule is CCCOC(=O)CC(O)c1ccc(I)cc1. The first-order valence-corrected chi connectivity index (χ1v) is 6.30. The van der Waals surface area contributed by atoms with Crippen molar-refractivity contribution < 1.29 is 14.6 Å². The van der Waals surface area contributed by atoms with E-state index in [9.17, 15) is 9.90 Å². The van der Waals surface area contributed by atoms with E-state index in [2.05, 4.69) is 22.6 Å². The second-order valence-electron chi connectivity index (χ2n) is 3.49. The van der Waals surface area contributed by atoms with Gasteiger partial charge in [0.25, 0.3) is 0 Å². The molecule has 0 aliphatic heterocycles. The standard InChI is InChI=1S/C12H15IO3/c1-2-7-16-12(15)8-11(14)9-3-5-10(13)6-4-9/h3-6,11,14H,2,7-8H2,1H3. The van der Waals surface area contributed by atoms with Crippen molar-refractivity contribution in [3.8, 4) is 0 Å². The van der Waals surface area contributed by atoms with Gasteiger partial charge in [0.05, 0.1) is 19.1 Å². The fraction of sp³-hybridized carbons (Fsp3) is 0.417. The number of carbonyl (C=O) groups excluding carboxylic acids is 1. The number of halogens is 1. The molecule has 0 saturated carbocycles. The highest BCUT2D eigenvalue weighted by atomic mass is 127. The predicted octanol–water partition coefficient (Wildman–Crippen LogP) is 2.67. The van der Waals surface area contributed by atoms with Gasteiger partial charge in [0, 0.05) is 3.57 Å². The van der Waals surface area contributed by atoms with Gasteiger partial charge in [-0.1, -0.05) is 19.1 Å². The van der Waals surface area contributed by atoms with Crippen LogP contribution in [-0.2, 0) is 9.53 Å². The Kier molecular flexibility index (Phi) is 5.76. The summed E-state index contributed by atoms with van der Waals surface area (Å²) >= 11 is 2.19. The van der Waals surface area contributed by atoms with Gasteiger partial charge >= 0.3 is 5.97 Å². The molecule has 1 N–H and O–H groups in total. The first-order valence-electron chi connectivity index (χ1n) is 5.22. The van der Waals surface area contributed by atoms with Crippen molar-refractivity contribution >= 4 is 28.6 Å². The number of ether oxygens (including phenoxy) is 1. The van der Waals surface area contributed by atoms with Gasteiger partial charge in [-0.05, 0) is 46.7 Å². The molecule has 1 unspecified atom stereocenters. The Hall–Kier alpha value is -0.620. The fourth-order valence-electron chi connectivity index (χ4n) is 1.24. The normalized spacial score (nSPS) is 12.2. The molecule has 0 fully saturated rings. The van der Waals surface area contributed by atoms with Gasteiger partial charge in [-0.25, -0.2) is 0 Å². The minimum atomic E-state index is -0.777. The molecule has 0 aromatic heterocycles. The highest BCUT2D eigenvalue weighted by molar-refractivity contribution is 14.1. The third kappa shape index (κ3) is 4.49. The summed E-state index contributed by atoms with van der Waals surface area (Å²) in [6, 6.07) is 7.44. The van der Waals surface area contributed by atoms with Gasteiger partial charge < -0.3 is 9.84 Å². The van der Waals surface area contributed by atoms with Gasteiger partial charge in [0.1, 0.15) is 0 Å². The van der Waals surface area contributed by atoms with E-state index < -0.39 is 6.10 Å². The molecular weight excluding hydrogens is 319 g/mol. The van der Waals surface area contributed by atoms with E-state index in [0.29, 0.717) is 6.61 Å². The first kappa shape index (κ1) is 13.4. The second-order valence-corrected chi connectivity index (χ2v) is 4.74. The summed E-state index contributed by atoms with van der Waals surface area (Å²) in [5.74, 6) is -0.354. The lowest BCUT2D eigenvalue weighted by molar-refractivity contribution is -0.146. The van der Waals surface area contributed by atoms with E-state index in [1.807, 2.05) is 31.2 Å². The number of benzene rings is 1. The zero-order valence-corrected chi connectivity index (χ0v) is 11.3. The molecule has 0 aliphatic carbocycles. The van der Waals surface area contributed by atoms with Crippen molar-refractivity contribution in [1.29, 1.82) is 0 Å². The van der Waals surface area contributed by atoms with Crippen LogP contribution in [0.4, 0.5) is 0 Å². The third-order valence-corrected chi connectivity index (χ3v) is 2.80. The summed E-state index contributed by atoms with van der Waals surface area (Å²) in [5.41, 5.74) is 0.744. The first-order chi connectivity index (χ1) is 7.63. The van der Waals surface area contributed by atoms with Crippen LogP contribution in [0.2, 0.25) is 0 Å². The van der Waals surface area contributed by atoms with Gasteiger partial charge in [-0.3, -0.25) is 4.79 Å². The summed E-state index contributed by atoms with van der Waals surface area (Å²) in [7, 11) is 0. The van der Waals surface area contributed by atoms with E-state index in [0.717, 1.165) is 15.6 Å².